The van der Waals surface area contributed by atoms with Gasteiger partial charge in [-0.15, -0.1) is 0 Å². The van der Waals surface area contributed by atoms with E-state index in [9.17, 15) is 14.4 Å². The van der Waals surface area contributed by atoms with Crippen LogP contribution in [0.25, 0.3) is 0 Å². The third-order valence-electron chi connectivity index (χ3n) is 7.39. The maximum atomic E-state index is 13.6. The van der Waals surface area contributed by atoms with Gasteiger partial charge in [0, 0.05) is 43.1 Å². The van der Waals surface area contributed by atoms with Gasteiger partial charge in [0.15, 0.2) is 0 Å². The molecular weight excluding hydrogens is 456 g/mol. The number of anilines is 1. The van der Waals surface area contributed by atoms with Gasteiger partial charge in [-0.05, 0) is 49.9 Å². The molecule has 0 spiro atoms. The summed E-state index contributed by atoms with van der Waals surface area (Å²) in [5.41, 5.74) is 0.521. The molecule has 3 fully saturated rings. The van der Waals surface area contributed by atoms with Crippen LogP contribution in [0.5, 0.6) is 0 Å². The van der Waals surface area contributed by atoms with Crippen LogP contribution in [0, 0.1) is 0 Å². The van der Waals surface area contributed by atoms with Crippen molar-refractivity contribution >= 4 is 35.1 Å². The quantitative estimate of drug-likeness (QED) is 0.683. The van der Waals surface area contributed by atoms with E-state index in [1.807, 2.05) is 27.9 Å². The first-order valence-corrected chi connectivity index (χ1v) is 12.3. The summed E-state index contributed by atoms with van der Waals surface area (Å²) in [5.74, 6) is 0.0781. The van der Waals surface area contributed by atoms with Gasteiger partial charge in [-0.25, -0.2) is 4.79 Å². The van der Waals surface area contributed by atoms with Crippen molar-refractivity contribution in [3.8, 4) is 0 Å². The van der Waals surface area contributed by atoms with Crippen LogP contribution >= 0.6 is 11.6 Å². The van der Waals surface area contributed by atoms with E-state index in [0.717, 1.165) is 38.0 Å². The number of fused-ring (bicyclic) bond motifs is 1. The second-order valence-electron chi connectivity index (χ2n) is 9.77. The molecule has 3 aliphatic heterocycles. The molecule has 0 aromatic heterocycles. The number of benzene rings is 1. The minimum atomic E-state index is -0.870. The Balaban J connectivity index is 1.19. The fourth-order valence-electron chi connectivity index (χ4n) is 5.63. The summed E-state index contributed by atoms with van der Waals surface area (Å²) < 4.78 is 0. The maximum Gasteiger partial charge on any atom is 0.320 e. The van der Waals surface area contributed by atoms with Crippen molar-refractivity contribution < 1.29 is 14.4 Å². The lowest BCUT2D eigenvalue weighted by atomic mass is 9.93. The third kappa shape index (κ3) is 4.29. The van der Waals surface area contributed by atoms with Gasteiger partial charge < -0.3 is 30.2 Å². The number of carbonyl (C=O) groups is 3. The van der Waals surface area contributed by atoms with Crippen molar-refractivity contribution in [3.05, 3.63) is 41.2 Å². The number of carbonyl (C=O) groups excluding carboxylic acids is 3. The van der Waals surface area contributed by atoms with Crippen molar-refractivity contribution in [3.63, 3.8) is 0 Å². The average molecular weight is 487 g/mol. The van der Waals surface area contributed by atoms with Gasteiger partial charge in [-0.3, -0.25) is 9.59 Å². The van der Waals surface area contributed by atoms with E-state index in [-0.39, 0.29) is 23.9 Å². The third-order valence-corrected chi connectivity index (χ3v) is 7.65. The lowest BCUT2D eigenvalue weighted by Crippen LogP contribution is -2.61. The van der Waals surface area contributed by atoms with Gasteiger partial charge in [0.25, 0.3) is 5.91 Å². The molecular formula is C24H31ClN6O3. The van der Waals surface area contributed by atoms with Crippen LogP contribution in [-0.2, 0) is 9.59 Å². The molecule has 3 heterocycles. The fourth-order valence-corrected chi connectivity index (χ4v) is 5.76. The van der Waals surface area contributed by atoms with Gasteiger partial charge in [0.1, 0.15) is 11.2 Å². The smallest absolute Gasteiger partial charge is 0.320 e. The van der Waals surface area contributed by atoms with Crippen molar-refractivity contribution in [2.24, 2.45) is 0 Å². The highest BCUT2D eigenvalue weighted by atomic mass is 35.5. The second kappa shape index (κ2) is 9.02. The predicted molar refractivity (Wildman–Crippen MR) is 129 cm³/mol. The van der Waals surface area contributed by atoms with Crippen LogP contribution in [0.15, 0.2) is 36.2 Å². The Kier molecular flexibility index (Phi) is 6.06. The van der Waals surface area contributed by atoms with Crippen LogP contribution in [-0.4, -0.2) is 82.5 Å². The Labute approximate surface area is 204 Å². The molecule has 9 nitrogen and oxygen atoms in total. The van der Waals surface area contributed by atoms with Crippen molar-refractivity contribution in [1.29, 1.82) is 0 Å². The molecule has 0 unspecified atom stereocenters. The summed E-state index contributed by atoms with van der Waals surface area (Å²) in [4.78, 5) is 47.1. The largest absolute Gasteiger partial charge is 0.361 e. The number of nitrogens with one attached hydrogen (secondary N) is 2. The fraction of sp³-hybridized carbons (Fsp3) is 0.542. The average Bonchev–Trinajstić information content (AvgIpc) is 3.52. The molecule has 4 aliphatic rings. The highest BCUT2D eigenvalue weighted by molar-refractivity contribution is 6.30. The molecule has 0 radical (unpaired) electrons. The van der Waals surface area contributed by atoms with Crippen LogP contribution in [0.4, 0.5) is 10.5 Å². The number of halogens is 1. The van der Waals surface area contributed by atoms with E-state index in [0.29, 0.717) is 43.3 Å². The van der Waals surface area contributed by atoms with Gasteiger partial charge in [0.05, 0.1) is 13.3 Å². The van der Waals surface area contributed by atoms with Gasteiger partial charge in [-0.2, -0.15) is 0 Å². The van der Waals surface area contributed by atoms with Gasteiger partial charge >= 0.3 is 6.03 Å². The summed E-state index contributed by atoms with van der Waals surface area (Å²) in [5, 5.41) is 6.41. The Morgan fingerprint density at radius 2 is 1.74 bits per heavy atom. The standard InChI is InChI=1S/C24H31ClN6O3/c1-28-14-20-21(32)31(16-30(20)15-28)19-8-12-29(13-9-19)22(33)24(10-2-3-11-24)27-23(34)26-18-6-4-17(25)5-7-18/h4-7,14,19H,2-3,8-13,15-16H2,1H3,(H2,26,27,34). The zero-order chi connectivity index (χ0) is 23.9. The highest BCUT2D eigenvalue weighted by Crippen LogP contribution is 2.34. The first-order chi connectivity index (χ1) is 16.3. The van der Waals surface area contributed by atoms with Crippen LogP contribution in [0.1, 0.15) is 38.5 Å². The summed E-state index contributed by atoms with van der Waals surface area (Å²) in [6.45, 7) is 2.54. The Morgan fingerprint density at radius 1 is 1.06 bits per heavy atom. The van der Waals surface area contributed by atoms with E-state index in [1.54, 1.807) is 24.3 Å². The molecule has 2 saturated heterocycles. The van der Waals surface area contributed by atoms with E-state index < -0.39 is 5.54 Å². The number of hydrogen-bond acceptors (Lipinski definition) is 5. The zero-order valence-corrected chi connectivity index (χ0v) is 20.2. The number of amides is 4. The molecule has 10 heteroatoms. The van der Waals surface area contributed by atoms with Crippen LogP contribution in [0.2, 0.25) is 5.02 Å². The molecule has 0 bridgehead atoms. The molecule has 182 valence electrons. The van der Waals surface area contributed by atoms with E-state index in [4.69, 9.17) is 11.6 Å². The Hall–Kier alpha value is -2.94. The molecule has 4 amide bonds. The number of likely N-dealkylation sites (tertiary alicyclic amines) is 1. The first-order valence-electron chi connectivity index (χ1n) is 12.0. The molecule has 1 aromatic carbocycles. The SMILES string of the molecule is CN1C=C2C(=O)N(C3CCN(C(=O)C4(NC(=O)Nc5ccc(Cl)cc5)CCCC4)CC3)CN2C1. The molecule has 1 saturated carbocycles. The lowest BCUT2D eigenvalue weighted by molar-refractivity contribution is -0.140. The predicted octanol–water partition coefficient (Wildman–Crippen LogP) is 2.61. The number of rotatable bonds is 4. The molecule has 1 aromatic rings. The zero-order valence-electron chi connectivity index (χ0n) is 19.4. The highest BCUT2D eigenvalue weighted by Gasteiger charge is 2.47. The number of nitrogens with zero attached hydrogens (tertiary/aromatic N) is 4. The number of piperidine rings is 1. The summed E-state index contributed by atoms with van der Waals surface area (Å²) >= 11 is 5.92. The first kappa shape index (κ1) is 22.8. The van der Waals surface area contributed by atoms with Crippen LogP contribution < -0.4 is 10.6 Å². The number of hydrogen-bond donors (Lipinski definition) is 2. The molecule has 1 aliphatic carbocycles. The van der Waals surface area contributed by atoms with Crippen molar-refractivity contribution in [2.75, 3.05) is 38.8 Å². The Bertz CT molecular complexity index is 998. The molecule has 34 heavy (non-hydrogen) atoms. The van der Waals surface area contributed by atoms with Crippen molar-refractivity contribution in [2.45, 2.75) is 50.1 Å². The summed E-state index contributed by atoms with van der Waals surface area (Å²) in [7, 11) is 1.97. The summed E-state index contributed by atoms with van der Waals surface area (Å²) in [6.07, 6.45) is 6.51. The van der Waals surface area contributed by atoms with Gasteiger partial charge in [-0.1, -0.05) is 24.4 Å². The van der Waals surface area contributed by atoms with E-state index >= 15 is 0 Å². The second-order valence-corrected chi connectivity index (χ2v) is 10.2. The maximum absolute atomic E-state index is 13.6. The van der Waals surface area contributed by atoms with E-state index in [2.05, 4.69) is 15.5 Å². The molecule has 2 N–H and O–H groups in total. The lowest BCUT2D eigenvalue weighted by Gasteiger charge is -2.40. The monoisotopic (exact) mass is 486 g/mol. The summed E-state index contributed by atoms with van der Waals surface area (Å²) in [6, 6.07) is 6.63. The number of urea groups is 1. The minimum Gasteiger partial charge on any atom is -0.361 e. The van der Waals surface area contributed by atoms with Gasteiger partial charge in [0.2, 0.25) is 5.91 Å². The van der Waals surface area contributed by atoms with Crippen molar-refractivity contribution in [1.82, 2.24) is 24.9 Å². The molecule has 0 atom stereocenters. The normalized spacial score (nSPS) is 22.2. The Morgan fingerprint density at radius 3 is 2.38 bits per heavy atom. The topological polar surface area (TPSA) is 88.2 Å². The van der Waals surface area contributed by atoms with Crippen LogP contribution in [0.3, 0.4) is 0 Å². The van der Waals surface area contributed by atoms with E-state index in [1.165, 1.54) is 0 Å². The minimum absolute atomic E-state index is 0.00703. The molecule has 5 rings (SSSR count).